The molecular weight excluding hydrogens is 222 g/mol. The third-order valence-corrected chi connectivity index (χ3v) is 3.26. The molecule has 0 saturated heterocycles. The third kappa shape index (κ3) is 2.82. The van der Waals surface area contributed by atoms with Crippen molar-refractivity contribution in [2.24, 2.45) is 0 Å². The molecule has 1 heterocycles. The van der Waals surface area contributed by atoms with Crippen LogP contribution in [0.3, 0.4) is 0 Å². The van der Waals surface area contributed by atoms with Crippen LogP contribution >= 0.6 is 0 Å². The Kier molecular flexibility index (Phi) is 4.21. The van der Waals surface area contributed by atoms with E-state index in [1.807, 2.05) is 0 Å². The molecule has 0 aliphatic heterocycles. The number of rotatable bonds is 5. The molecule has 2 heteroatoms. The zero-order valence-corrected chi connectivity index (χ0v) is 11.4. The molecule has 2 rings (SSSR count). The lowest BCUT2D eigenvalue weighted by Crippen LogP contribution is -2.12. The molecule has 0 unspecified atom stereocenters. The van der Waals surface area contributed by atoms with Gasteiger partial charge >= 0.3 is 0 Å². The molecule has 18 heavy (non-hydrogen) atoms. The predicted octanol–water partition coefficient (Wildman–Crippen LogP) is 4.06. The first-order valence-corrected chi connectivity index (χ1v) is 6.58. The van der Waals surface area contributed by atoms with E-state index in [-0.39, 0.29) is 0 Å². The second kappa shape index (κ2) is 5.87. The van der Waals surface area contributed by atoms with E-state index >= 15 is 0 Å². The zero-order chi connectivity index (χ0) is 13.0. The molecule has 0 amide bonds. The normalized spacial score (nSPS) is 10.8. The molecular formula is C16H21NO. The topological polar surface area (TPSA) is 25.2 Å². The first-order valence-electron chi connectivity index (χ1n) is 6.58. The summed E-state index contributed by atoms with van der Waals surface area (Å²) in [5, 5.41) is 3.35. The number of hydrogen-bond acceptors (Lipinski definition) is 2. The predicted molar refractivity (Wildman–Crippen MR) is 75.6 cm³/mol. The molecule has 0 fully saturated rings. The van der Waals surface area contributed by atoms with Crippen molar-refractivity contribution in [1.82, 2.24) is 5.32 Å². The zero-order valence-electron chi connectivity index (χ0n) is 11.4. The maximum absolute atomic E-state index is 5.89. The molecule has 1 aromatic heterocycles. The van der Waals surface area contributed by atoms with Crippen LogP contribution in [-0.2, 0) is 6.54 Å². The lowest BCUT2D eigenvalue weighted by atomic mass is 10.0. The van der Waals surface area contributed by atoms with Crippen molar-refractivity contribution in [2.45, 2.75) is 33.7 Å². The van der Waals surface area contributed by atoms with Gasteiger partial charge in [-0.25, -0.2) is 0 Å². The van der Waals surface area contributed by atoms with E-state index in [1.54, 1.807) is 0 Å². The van der Waals surface area contributed by atoms with Gasteiger partial charge in [0.1, 0.15) is 11.5 Å². The number of nitrogens with one attached hydrogen (secondary N) is 1. The lowest BCUT2D eigenvalue weighted by Gasteiger charge is -2.05. The van der Waals surface area contributed by atoms with Crippen LogP contribution in [0.2, 0.25) is 0 Å². The summed E-state index contributed by atoms with van der Waals surface area (Å²) >= 11 is 0. The molecule has 0 atom stereocenters. The fraction of sp³-hybridized carbons (Fsp3) is 0.375. The van der Waals surface area contributed by atoms with E-state index in [0.29, 0.717) is 0 Å². The van der Waals surface area contributed by atoms with Crippen LogP contribution in [0.1, 0.15) is 30.2 Å². The summed E-state index contributed by atoms with van der Waals surface area (Å²) in [6.07, 6.45) is 1.14. The lowest BCUT2D eigenvalue weighted by molar-refractivity contribution is 0.493. The molecule has 0 aliphatic carbocycles. The van der Waals surface area contributed by atoms with Gasteiger partial charge in [0.15, 0.2) is 0 Å². The number of benzene rings is 1. The van der Waals surface area contributed by atoms with Crippen molar-refractivity contribution in [3.05, 3.63) is 47.2 Å². The average molecular weight is 243 g/mol. The average Bonchev–Trinajstić information content (AvgIpc) is 2.82. The summed E-state index contributed by atoms with van der Waals surface area (Å²) in [5.74, 6) is 1.96. The smallest absolute Gasteiger partial charge is 0.134 e. The highest BCUT2D eigenvalue weighted by atomic mass is 16.3. The van der Waals surface area contributed by atoms with E-state index in [1.165, 1.54) is 16.7 Å². The second-order valence-electron chi connectivity index (χ2n) is 4.69. The van der Waals surface area contributed by atoms with E-state index < -0.39 is 0 Å². The Labute approximate surface area is 109 Å². The first-order chi connectivity index (χ1) is 8.72. The monoisotopic (exact) mass is 243 g/mol. The minimum atomic E-state index is 0.804. The van der Waals surface area contributed by atoms with Crippen LogP contribution in [0.5, 0.6) is 0 Å². The molecule has 2 nitrogen and oxygen atoms in total. The van der Waals surface area contributed by atoms with Gasteiger partial charge in [0.25, 0.3) is 0 Å². The van der Waals surface area contributed by atoms with E-state index in [4.69, 9.17) is 4.42 Å². The Hall–Kier alpha value is -1.54. The van der Waals surface area contributed by atoms with Crippen molar-refractivity contribution < 1.29 is 4.42 Å². The van der Waals surface area contributed by atoms with E-state index in [0.717, 1.165) is 31.0 Å². The Morgan fingerprint density at radius 3 is 2.72 bits per heavy atom. The maximum Gasteiger partial charge on any atom is 0.134 e. The summed E-state index contributed by atoms with van der Waals surface area (Å²) in [5.41, 5.74) is 3.78. The molecule has 1 N–H and O–H groups in total. The minimum Gasteiger partial charge on any atom is -0.460 e. The largest absolute Gasteiger partial charge is 0.460 e. The van der Waals surface area contributed by atoms with Crippen LogP contribution in [0.15, 0.2) is 34.7 Å². The summed E-state index contributed by atoms with van der Waals surface area (Å²) in [6, 6.07) is 10.4. The van der Waals surface area contributed by atoms with Gasteiger partial charge in [-0.2, -0.15) is 0 Å². The van der Waals surface area contributed by atoms with Crippen LogP contribution in [-0.4, -0.2) is 6.54 Å². The van der Waals surface area contributed by atoms with Gasteiger partial charge in [0.2, 0.25) is 0 Å². The summed E-state index contributed by atoms with van der Waals surface area (Å²) in [7, 11) is 0. The summed E-state index contributed by atoms with van der Waals surface area (Å²) in [4.78, 5) is 0. The number of furan rings is 1. The maximum atomic E-state index is 5.89. The standard InChI is InChI=1S/C16H21NO/c1-4-10-17-11-14-8-9-16(18-14)15-7-5-6-12(2)13(15)3/h5-9,17H,4,10-11H2,1-3H3. The van der Waals surface area contributed by atoms with Crippen molar-refractivity contribution in [3.8, 4) is 11.3 Å². The summed E-state index contributed by atoms with van der Waals surface area (Å²) < 4.78 is 5.89. The molecule has 0 bridgehead atoms. The highest BCUT2D eigenvalue weighted by molar-refractivity contribution is 5.63. The second-order valence-corrected chi connectivity index (χ2v) is 4.69. The third-order valence-electron chi connectivity index (χ3n) is 3.26. The Morgan fingerprint density at radius 2 is 1.94 bits per heavy atom. The summed E-state index contributed by atoms with van der Waals surface area (Å²) in [6.45, 7) is 8.27. The van der Waals surface area contributed by atoms with Crippen LogP contribution < -0.4 is 5.32 Å². The van der Waals surface area contributed by atoms with Gasteiger partial charge in [0, 0.05) is 5.56 Å². The molecule has 0 aliphatic rings. The quantitative estimate of drug-likeness (QED) is 0.801. The first kappa shape index (κ1) is 12.9. The van der Waals surface area contributed by atoms with Crippen molar-refractivity contribution in [3.63, 3.8) is 0 Å². The molecule has 0 radical (unpaired) electrons. The Bertz CT molecular complexity index is 514. The van der Waals surface area contributed by atoms with Crippen LogP contribution in [0.4, 0.5) is 0 Å². The fourth-order valence-electron chi connectivity index (χ4n) is 2.02. The minimum absolute atomic E-state index is 0.804. The van der Waals surface area contributed by atoms with Crippen LogP contribution in [0, 0.1) is 13.8 Å². The van der Waals surface area contributed by atoms with Crippen molar-refractivity contribution >= 4 is 0 Å². The molecule has 0 spiro atoms. The van der Waals surface area contributed by atoms with Crippen LogP contribution in [0.25, 0.3) is 11.3 Å². The number of aryl methyl sites for hydroxylation is 1. The van der Waals surface area contributed by atoms with Gasteiger partial charge in [-0.05, 0) is 50.1 Å². The Morgan fingerprint density at radius 1 is 1.11 bits per heavy atom. The van der Waals surface area contributed by atoms with E-state index in [9.17, 15) is 0 Å². The molecule has 1 aromatic carbocycles. The van der Waals surface area contributed by atoms with Gasteiger partial charge in [-0.15, -0.1) is 0 Å². The molecule has 96 valence electrons. The fourth-order valence-corrected chi connectivity index (χ4v) is 2.02. The van der Waals surface area contributed by atoms with Crippen molar-refractivity contribution in [1.29, 1.82) is 0 Å². The highest BCUT2D eigenvalue weighted by Gasteiger charge is 2.08. The van der Waals surface area contributed by atoms with Gasteiger partial charge in [0.05, 0.1) is 6.54 Å². The highest BCUT2D eigenvalue weighted by Crippen LogP contribution is 2.27. The number of hydrogen-bond donors (Lipinski definition) is 1. The van der Waals surface area contributed by atoms with Gasteiger partial charge in [-0.1, -0.05) is 25.1 Å². The van der Waals surface area contributed by atoms with Gasteiger partial charge in [-0.3, -0.25) is 0 Å². The van der Waals surface area contributed by atoms with Crippen molar-refractivity contribution in [2.75, 3.05) is 6.54 Å². The van der Waals surface area contributed by atoms with Gasteiger partial charge < -0.3 is 9.73 Å². The molecule has 2 aromatic rings. The van der Waals surface area contributed by atoms with E-state index in [2.05, 4.69) is 56.4 Å². The SMILES string of the molecule is CCCNCc1ccc(-c2cccc(C)c2C)o1. The Balaban J connectivity index is 2.16. The molecule has 0 saturated carbocycles.